The molecule has 1 atom stereocenters. The van der Waals surface area contributed by atoms with E-state index in [1.54, 1.807) is 18.0 Å². The van der Waals surface area contributed by atoms with Gasteiger partial charge in [0.15, 0.2) is 16.7 Å². The monoisotopic (exact) mass is 319 g/mol. The van der Waals surface area contributed by atoms with Crippen LogP contribution in [0.4, 0.5) is 0 Å². The van der Waals surface area contributed by atoms with E-state index >= 15 is 0 Å². The lowest BCUT2D eigenvalue weighted by Crippen LogP contribution is -1.96. The van der Waals surface area contributed by atoms with E-state index in [9.17, 15) is 0 Å². The van der Waals surface area contributed by atoms with Crippen LogP contribution in [-0.2, 0) is 7.05 Å². The number of aromatic nitrogens is 3. The Balaban J connectivity index is 1.85. The molecule has 21 heavy (non-hydrogen) atoms. The average Bonchev–Trinajstić information content (AvgIpc) is 3.10. The molecule has 1 aromatic carbocycles. The zero-order chi connectivity index (χ0) is 14.8. The van der Waals surface area contributed by atoms with Crippen molar-refractivity contribution in [3.8, 4) is 11.6 Å². The number of benzene rings is 1. The van der Waals surface area contributed by atoms with Crippen molar-refractivity contribution in [3.63, 3.8) is 0 Å². The molecule has 0 saturated heterocycles. The lowest BCUT2D eigenvalue weighted by molar-refractivity contribution is 0.572. The molecule has 0 aliphatic carbocycles. The van der Waals surface area contributed by atoms with Crippen LogP contribution in [0.15, 0.2) is 52.2 Å². The maximum atomic E-state index is 6.24. The summed E-state index contributed by atoms with van der Waals surface area (Å²) in [7, 11) is 1.93. The van der Waals surface area contributed by atoms with Gasteiger partial charge in [-0.2, -0.15) is 0 Å². The molecule has 0 radical (unpaired) electrons. The highest BCUT2D eigenvalue weighted by Crippen LogP contribution is 2.37. The first kappa shape index (κ1) is 14.2. The van der Waals surface area contributed by atoms with E-state index in [0.717, 1.165) is 15.7 Å². The number of rotatable bonds is 4. The second-order valence-corrected chi connectivity index (χ2v) is 6.34. The molecule has 3 rings (SSSR count). The fourth-order valence-electron chi connectivity index (χ4n) is 2.06. The summed E-state index contributed by atoms with van der Waals surface area (Å²) in [6.45, 7) is 2.10. The van der Waals surface area contributed by atoms with E-state index in [1.165, 1.54) is 0 Å². The fraction of sp³-hybridized carbons (Fsp3) is 0.200. The van der Waals surface area contributed by atoms with Crippen molar-refractivity contribution in [1.29, 1.82) is 0 Å². The SMILES string of the molecule is CC(Sc1nnc(-c2ccco2)n1C)c1ccccc1Cl. The van der Waals surface area contributed by atoms with Crippen LogP contribution in [0.1, 0.15) is 17.7 Å². The molecule has 3 aromatic rings. The predicted molar refractivity (Wildman–Crippen MR) is 84.4 cm³/mol. The van der Waals surface area contributed by atoms with Gasteiger partial charge >= 0.3 is 0 Å². The zero-order valence-electron chi connectivity index (χ0n) is 11.7. The average molecular weight is 320 g/mol. The molecule has 6 heteroatoms. The van der Waals surface area contributed by atoms with Gasteiger partial charge in [0.1, 0.15) is 0 Å². The molecular formula is C15H14ClN3OS. The molecule has 0 fully saturated rings. The first-order valence-corrected chi connectivity index (χ1v) is 7.77. The van der Waals surface area contributed by atoms with Crippen molar-refractivity contribution in [2.24, 2.45) is 7.05 Å². The molecule has 2 aromatic heterocycles. The second-order valence-electron chi connectivity index (χ2n) is 4.62. The zero-order valence-corrected chi connectivity index (χ0v) is 13.2. The number of hydrogen-bond acceptors (Lipinski definition) is 4. The summed E-state index contributed by atoms with van der Waals surface area (Å²) in [5, 5.41) is 10.2. The largest absolute Gasteiger partial charge is 0.461 e. The maximum absolute atomic E-state index is 6.24. The van der Waals surface area contributed by atoms with Crippen LogP contribution < -0.4 is 0 Å². The first-order valence-electron chi connectivity index (χ1n) is 6.51. The Bertz CT molecular complexity index is 739. The van der Waals surface area contributed by atoms with E-state index in [-0.39, 0.29) is 5.25 Å². The Morgan fingerprint density at radius 3 is 2.71 bits per heavy atom. The number of nitrogens with zero attached hydrogens (tertiary/aromatic N) is 3. The highest BCUT2D eigenvalue weighted by molar-refractivity contribution is 7.99. The van der Waals surface area contributed by atoms with Crippen molar-refractivity contribution in [1.82, 2.24) is 14.8 Å². The number of halogens is 1. The van der Waals surface area contributed by atoms with E-state index in [0.29, 0.717) is 11.6 Å². The Morgan fingerprint density at radius 2 is 2.00 bits per heavy atom. The number of hydrogen-bond donors (Lipinski definition) is 0. The smallest absolute Gasteiger partial charge is 0.200 e. The van der Waals surface area contributed by atoms with Gasteiger partial charge < -0.3 is 8.98 Å². The van der Waals surface area contributed by atoms with Crippen molar-refractivity contribution in [2.45, 2.75) is 17.3 Å². The highest BCUT2D eigenvalue weighted by Gasteiger charge is 2.17. The lowest BCUT2D eigenvalue weighted by Gasteiger charge is -2.12. The van der Waals surface area contributed by atoms with Gasteiger partial charge in [0, 0.05) is 17.3 Å². The predicted octanol–water partition coefficient (Wildman–Crippen LogP) is 4.58. The van der Waals surface area contributed by atoms with Gasteiger partial charge in [0.2, 0.25) is 0 Å². The maximum Gasteiger partial charge on any atom is 0.200 e. The quantitative estimate of drug-likeness (QED) is 0.660. The van der Waals surface area contributed by atoms with Crippen LogP contribution in [0.2, 0.25) is 5.02 Å². The summed E-state index contributed by atoms with van der Waals surface area (Å²) >= 11 is 7.86. The number of furan rings is 1. The lowest BCUT2D eigenvalue weighted by atomic mass is 10.2. The molecule has 0 aliphatic heterocycles. The molecule has 0 amide bonds. The third-order valence-electron chi connectivity index (χ3n) is 3.20. The highest BCUT2D eigenvalue weighted by atomic mass is 35.5. The van der Waals surface area contributed by atoms with Crippen molar-refractivity contribution < 1.29 is 4.42 Å². The summed E-state index contributed by atoms with van der Waals surface area (Å²) in [6, 6.07) is 11.6. The molecule has 2 heterocycles. The molecule has 0 N–H and O–H groups in total. The van der Waals surface area contributed by atoms with Crippen molar-refractivity contribution >= 4 is 23.4 Å². The van der Waals surface area contributed by atoms with Gasteiger partial charge in [-0.15, -0.1) is 10.2 Å². The Labute approximate surface area is 132 Å². The van der Waals surface area contributed by atoms with Gasteiger partial charge in [-0.3, -0.25) is 0 Å². The number of thioether (sulfide) groups is 1. The van der Waals surface area contributed by atoms with E-state index in [4.69, 9.17) is 16.0 Å². The molecule has 108 valence electrons. The molecule has 0 bridgehead atoms. The molecule has 0 saturated carbocycles. The summed E-state index contributed by atoms with van der Waals surface area (Å²) < 4.78 is 7.30. The Hall–Kier alpha value is -1.72. The molecule has 0 spiro atoms. The van der Waals surface area contributed by atoms with E-state index in [2.05, 4.69) is 17.1 Å². The Kier molecular flexibility index (Phi) is 4.03. The van der Waals surface area contributed by atoms with Crippen LogP contribution in [-0.4, -0.2) is 14.8 Å². The van der Waals surface area contributed by atoms with Gasteiger partial charge in [0.25, 0.3) is 0 Å². The first-order chi connectivity index (χ1) is 10.2. The van der Waals surface area contributed by atoms with Crippen LogP contribution in [0.5, 0.6) is 0 Å². The third-order valence-corrected chi connectivity index (χ3v) is 4.72. The van der Waals surface area contributed by atoms with Crippen molar-refractivity contribution in [2.75, 3.05) is 0 Å². The van der Waals surface area contributed by atoms with Crippen LogP contribution >= 0.6 is 23.4 Å². The minimum absolute atomic E-state index is 0.186. The third kappa shape index (κ3) is 2.84. The molecular weight excluding hydrogens is 306 g/mol. The standard InChI is InChI=1S/C15H14ClN3OS/c1-10(11-6-3-4-7-12(11)16)21-15-18-17-14(19(15)2)13-8-5-9-20-13/h3-10H,1-2H3. The summed E-state index contributed by atoms with van der Waals surface area (Å²) in [5.74, 6) is 1.43. The summed E-state index contributed by atoms with van der Waals surface area (Å²) in [6.07, 6.45) is 1.63. The van der Waals surface area contributed by atoms with E-state index in [1.807, 2.05) is 48.0 Å². The van der Waals surface area contributed by atoms with Gasteiger partial charge in [-0.25, -0.2) is 0 Å². The van der Waals surface area contributed by atoms with Gasteiger partial charge in [-0.1, -0.05) is 41.6 Å². The minimum Gasteiger partial charge on any atom is -0.461 e. The van der Waals surface area contributed by atoms with Crippen molar-refractivity contribution in [3.05, 3.63) is 53.2 Å². The Morgan fingerprint density at radius 1 is 1.19 bits per heavy atom. The minimum atomic E-state index is 0.186. The normalized spacial score (nSPS) is 12.5. The van der Waals surface area contributed by atoms with Crippen LogP contribution in [0, 0.1) is 0 Å². The van der Waals surface area contributed by atoms with E-state index < -0.39 is 0 Å². The van der Waals surface area contributed by atoms with Gasteiger partial charge in [-0.05, 0) is 30.7 Å². The van der Waals surface area contributed by atoms with Crippen LogP contribution in [0.3, 0.4) is 0 Å². The summed E-state index contributed by atoms with van der Waals surface area (Å²) in [4.78, 5) is 0. The fourth-order valence-corrected chi connectivity index (χ4v) is 3.41. The van der Waals surface area contributed by atoms with Crippen LogP contribution in [0.25, 0.3) is 11.6 Å². The van der Waals surface area contributed by atoms with Gasteiger partial charge in [0.05, 0.1) is 6.26 Å². The second kappa shape index (κ2) is 5.95. The summed E-state index contributed by atoms with van der Waals surface area (Å²) in [5.41, 5.74) is 1.09. The molecule has 4 nitrogen and oxygen atoms in total. The molecule has 1 unspecified atom stereocenters. The topological polar surface area (TPSA) is 43.9 Å². The molecule has 0 aliphatic rings.